The van der Waals surface area contributed by atoms with Gasteiger partial charge in [-0.25, -0.2) is 4.98 Å². The van der Waals surface area contributed by atoms with Crippen LogP contribution < -0.4 is 0 Å². The zero-order valence-electron chi connectivity index (χ0n) is 9.57. The predicted octanol–water partition coefficient (Wildman–Crippen LogP) is 3.54. The van der Waals surface area contributed by atoms with E-state index in [1.807, 2.05) is 19.1 Å². The maximum Gasteiger partial charge on any atom is 0.0993 e. The molecule has 0 radical (unpaired) electrons. The van der Waals surface area contributed by atoms with E-state index >= 15 is 0 Å². The highest BCUT2D eigenvalue weighted by molar-refractivity contribution is 7.99. The van der Waals surface area contributed by atoms with E-state index in [1.165, 1.54) is 25.7 Å². The number of thioether (sulfide) groups is 1. The van der Waals surface area contributed by atoms with Gasteiger partial charge in [0.1, 0.15) is 0 Å². The predicted molar refractivity (Wildman–Crippen MR) is 66.4 cm³/mol. The third-order valence-corrected chi connectivity index (χ3v) is 4.14. The van der Waals surface area contributed by atoms with Crippen molar-refractivity contribution in [2.75, 3.05) is 5.75 Å². The van der Waals surface area contributed by atoms with Crippen LogP contribution in [0.1, 0.15) is 36.9 Å². The third-order valence-electron chi connectivity index (χ3n) is 3.00. The average Bonchev–Trinajstić information content (AvgIpc) is 2.78. The second-order valence-corrected chi connectivity index (χ2v) is 5.45. The number of aryl methyl sites for hydroxylation is 1. The summed E-state index contributed by atoms with van der Waals surface area (Å²) in [5.74, 6) is 2.01. The number of aromatic nitrogens is 1. The first-order valence-electron chi connectivity index (χ1n) is 5.79. The molecular formula is C13H16N2S. The van der Waals surface area contributed by atoms with E-state index in [0.29, 0.717) is 0 Å². The highest BCUT2D eigenvalue weighted by atomic mass is 32.2. The minimum absolute atomic E-state index is 0.724. The second-order valence-electron chi connectivity index (χ2n) is 4.41. The normalized spacial score (nSPS) is 16.2. The van der Waals surface area contributed by atoms with E-state index in [0.717, 1.165) is 28.0 Å². The molecule has 2 rings (SSSR count). The molecule has 0 N–H and O–H groups in total. The fourth-order valence-corrected chi connectivity index (χ4v) is 3.32. The van der Waals surface area contributed by atoms with Crippen LogP contribution in [-0.2, 0) is 0 Å². The van der Waals surface area contributed by atoms with Crippen LogP contribution in [0.25, 0.3) is 0 Å². The highest BCUT2D eigenvalue weighted by Crippen LogP contribution is 2.30. The molecule has 1 heterocycles. The van der Waals surface area contributed by atoms with E-state index in [1.54, 1.807) is 11.8 Å². The molecule has 3 heteroatoms. The molecule has 2 nitrogen and oxygen atoms in total. The highest BCUT2D eigenvalue weighted by Gasteiger charge is 2.15. The number of pyridine rings is 1. The van der Waals surface area contributed by atoms with Crippen molar-refractivity contribution in [3.05, 3.63) is 23.4 Å². The van der Waals surface area contributed by atoms with Gasteiger partial charge in [0.25, 0.3) is 0 Å². The molecule has 1 aromatic rings. The van der Waals surface area contributed by atoms with Crippen LogP contribution >= 0.6 is 11.8 Å². The summed E-state index contributed by atoms with van der Waals surface area (Å²) in [5.41, 5.74) is 1.66. The van der Waals surface area contributed by atoms with Gasteiger partial charge in [-0.15, -0.1) is 11.8 Å². The molecule has 1 aromatic heterocycles. The number of hydrogen-bond acceptors (Lipinski definition) is 3. The van der Waals surface area contributed by atoms with Crippen LogP contribution in [-0.4, -0.2) is 10.7 Å². The quantitative estimate of drug-likeness (QED) is 0.748. The van der Waals surface area contributed by atoms with Crippen molar-refractivity contribution in [1.29, 1.82) is 5.26 Å². The Bertz CT molecular complexity index is 403. The summed E-state index contributed by atoms with van der Waals surface area (Å²) >= 11 is 1.80. The molecule has 1 saturated carbocycles. The lowest BCUT2D eigenvalue weighted by Gasteiger charge is -2.08. The molecule has 0 saturated heterocycles. The first kappa shape index (κ1) is 11.5. The Labute approximate surface area is 101 Å². The van der Waals surface area contributed by atoms with Gasteiger partial charge in [-0.3, -0.25) is 0 Å². The van der Waals surface area contributed by atoms with Gasteiger partial charge in [-0.2, -0.15) is 5.26 Å². The largest absolute Gasteiger partial charge is 0.247 e. The van der Waals surface area contributed by atoms with Gasteiger partial charge in [0, 0.05) is 11.4 Å². The van der Waals surface area contributed by atoms with Crippen LogP contribution in [0, 0.1) is 24.2 Å². The van der Waals surface area contributed by atoms with Crippen molar-refractivity contribution in [3.8, 4) is 6.07 Å². The summed E-state index contributed by atoms with van der Waals surface area (Å²) in [4.78, 5) is 4.45. The molecule has 0 aromatic carbocycles. The van der Waals surface area contributed by atoms with Gasteiger partial charge in [0.15, 0.2) is 0 Å². The van der Waals surface area contributed by atoms with Crippen molar-refractivity contribution in [2.24, 2.45) is 5.92 Å². The van der Waals surface area contributed by atoms with Crippen LogP contribution in [0.4, 0.5) is 0 Å². The minimum Gasteiger partial charge on any atom is -0.247 e. The summed E-state index contributed by atoms with van der Waals surface area (Å²) < 4.78 is 0. The SMILES string of the molecule is Cc1cc(C#N)cc(SCC2CCCC2)n1. The first-order chi connectivity index (χ1) is 7.78. The molecule has 0 unspecified atom stereocenters. The topological polar surface area (TPSA) is 36.7 Å². The van der Waals surface area contributed by atoms with Crippen LogP contribution in [0.2, 0.25) is 0 Å². The van der Waals surface area contributed by atoms with Crippen molar-refractivity contribution in [3.63, 3.8) is 0 Å². The molecule has 0 spiro atoms. The first-order valence-corrected chi connectivity index (χ1v) is 6.78. The van der Waals surface area contributed by atoms with E-state index in [-0.39, 0.29) is 0 Å². The molecular weight excluding hydrogens is 216 g/mol. The van der Waals surface area contributed by atoms with Crippen molar-refractivity contribution >= 4 is 11.8 Å². The second kappa shape index (κ2) is 5.36. The molecule has 84 valence electrons. The molecule has 1 aliphatic carbocycles. The van der Waals surface area contributed by atoms with Crippen molar-refractivity contribution in [2.45, 2.75) is 37.6 Å². The molecule has 0 aliphatic heterocycles. The Hall–Kier alpha value is -1.01. The van der Waals surface area contributed by atoms with E-state index in [2.05, 4.69) is 11.1 Å². The van der Waals surface area contributed by atoms with Gasteiger partial charge in [0.2, 0.25) is 0 Å². The monoisotopic (exact) mass is 232 g/mol. The average molecular weight is 232 g/mol. The zero-order valence-corrected chi connectivity index (χ0v) is 10.4. The van der Waals surface area contributed by atoms with Crippen LogP contribution in [0.5, 0.6) is 0 Å². The lowest BCUT2D eigenvalue weighted by atomic mass is 10.1. The van der Waals surface area contributed by atoms with Gasteiger partial charge in [-0.05, 0) is 37.8 Å². The van der Waals surface area contributed by atoms with Gasteiger partial charge in [0.05, 0.1) is 16.7 Å². The maximum absolute atomic E-state index is 8.88. The number of nitrogens with zero attached hydrogens (tertiary/aromatic N) is 2. The summed E-state index contributed by atoms with van der Waals surface area (Å²) in [6, 6.07) is 5.91. The standard InChI is InChI=1S/C13H16N2S/c1-10-6-12(8-14)7-13(15-10)16-9-11-4-2-3-5-11/h6-7,11H,2-5,9H2,1H3. The lowest BCUT2D eigenvalue weighted by Crippen LogP contribution is -1.97. The van der Waals surface area contributed by atoms with Crippen LogP contribution in [0.15, 0.2) is 17.2 Å². The zero-order chi connectivity index (χ0) is 11.4. The minimum atomic E-state index is 0.724. The van der Waals surface area contributed by atoms with Gasteiger partial charge < -0.3 is 0 Å². The van der Waals surface area contributed by atoms with Crippen molar-refractivity contribution in [1.82, 2.24) is 4.98 Å². The molecule has 1 aliphatic rings. The summed E-state index contributed by atoms with van der Waals surface area (Å²) in [6.45, 7) is 1.94. The van der Waals surface area contributed by atoms with E-state index in [9.17, 15) is 0 Å². The van der Waals surface area contributed by atoms with Gasteiger partial charge in [-0.1, -0.05) is 12.8 Å². The Morgan fingerprint density at radius 1 is 1.44 bits per heavy atom. The molecule has 1 fully saturated rings. The lowest BCUT2D eigenvalue weighted by molar-refractivity contribution is 0.623. The van der Waals surface area contributed by atoms with Crippen molar-refractivity contribution < 1.29 is 0 Å². The summed E-state index contributed by atoms with van der Waals surface area (Å²) in [6.07, 6.45) is 5.50. The Kier molecular flexibility index (Phi) is 3.84. The number of nitriles is 1. The van der Waals surface area contributed by atoms with E-state index < -0.39 is 0 Å². The maximum atomic E-state index is 8.88. The fourth-order valence-electron chi connectivity index (χ4n) is 2.16. The Balaban J connectivity index is 1.98. The number of hydrogen-bond donors (Lipinski definition) is 0. The molecule has 0 bridgehead atoms. The van der Waals surface area contributed by atoms with E-state index in [4.69, 9.17) is 5.26 Å². The number of rotatable bonds is 3. The van der Waals surface area contributed by atoms with Gasteiger partial charge >= 0.3 is 0 Å². The summed E-state index contributed by atoms with van der Waals surface area (Å²) in [7, 11) is 0. The Morgan fingerprint density at radius 3 is 2.88 bits per heavy atom. The molecule has 0 amide bonds. The summed E-state index contributed by atoms with van der Waals surface area (Å²) in [5, 5.41) is 9.88. The van der Waals surface area contributed by atoms with Crippen LogP contribution in [0.3, 0.4) is 0 Å². The Morgan fingerprint density at radius 2 is 2.19 bits per heavy atom. The fraction of sp³-hybridized carbons (Fsp3) is 0.538. The molecule has 16 heavy (non-hydrogen) atoms. The smallest absolute Gasteiger partial charge is 0.0993 e. The molecule has 0 atom stereocenters. The third kappa shape index (κ3) is 2.99.